The van der Waals surface area contributed by atoms with E-state index < -0.39 is 0 Å². The number of nitrogens with zero attached hydrogens (tertiary/aromatic N) is 4. The van der Waals surface area contributed by atoms with E-state index in [4.69, 9.17) is 5.53 Å². The van der Waals surface area contributed by atoms with E-state index >= 15 is 0 Å². The number of hydrogen-bond acceptors (Lipinski definition) is 4. The van der Waals surface area contributed by atoms with Gasteiger partial charge in [0.2, 0.25) is 5.13 Å². The van der Waals surface area contributed by atoms with Crippen LogP contribution in [0.3, 0.4) is 0 Å². The smallest absolute Gasteiger partial charge is 0.208 e. The van der Waals surface area contributed by atoms with Gasteiger partial charge in [-0.3, -0.25) is 0 Å². The van der Waals surface area contributed by atoms with Crippen LogP contribution in [0.5, 0.6) is 0 Å². The van der Waals surface area contributed by atoms with Gasteiger partial charge in [-0.2, -0.15) is 9.36 Å². The molecular formula is C8H5N4S-. The van der Waals surface area contributed by atoms with E-state index in [1.807, 2.05) is 30.3 Å². The van der Waals surface area contributed by atoms with E-state index in [2.05, 4.69) is 14.5 Å². The fraction of sp³-hybridized carbons (Fsp3) is 0. The van der Waals surface area contributed by atoms with Crippen LogP contribution >= 0.6 is 11.5 Å². The Morgan fingerprint density at radius 2 is 2.00 bits per heavy atom. The van der Waals surface area contributed by atoms with E-state index in [-0.39, 0.29) is 5.13 Å². The summed E-state index contributed by atoms with van der Waals surface area (Å²) in [7, 11) is 0. The number of rotatable bonds is 2. The van der Waals surface area contributed by atoms with Gasteiger partial charge in [-0.25, -0.2) is 0 Å². The lowest BCUT2D eigenvalue weighted by molar-refractivity contribution is 1.29. The number of benzene rings is 1. The van der Waals surface area contributed by atoms with Crippen LogP contribution in [0, 0.1) is 0 Å². The molecule has 0 amide bonds. The molecule has 13 heavy (non-hydrogen) atoms. The van der Waals surface area contributed by atoms with Crippen molar-refractivity contribution >= 4 is 16.7 Å². The Bertz CT molecular complexity index is 409. The van der Waals surface area contributed by atoms with Crippen LogP contribution in [-0.4, -0.2) is 9.36 Å². The molecule has 2 aromatic rings. The Morgan fingerprint density at radius 1 is 1.23 bits per heavy atom. The van der Waals surface area contributed by atoms with Crippen molar-refractivity contribution in [2.45, 2.75) is 0 Å². The Labute approximate surface area is 78.9 Å². The van der Waals surface area contributed by atoms with Gasteiger partial charge in [0.05, 0.1) is 0 Å². The Kier molecular flexibility index (Phi) is 2.09. The topological polar surface area (TPSA) is 60.4 Å². The largest absolute Gasteiger partial charge is 0.704 e. The van der Waals surface area contributed by atoms with E-state index in [0.717, 1.165) is 17.1 Å². The average Bonchev–Trinajstić information content (AvgIpc) is 2.67. The van der Waals surface area contributed by atoms with Crippen LogP contribution in [0.25, 0.3) is 16.9 Å². The quantitative estimate of drug-likeness (QED) is 0.682. The summed E-state index contributed by atoms with van der Waals surface area (Å²) in [4.78, 5) is 3.99. The summed E-state index contributed by atoms with van der Waals surface area (Å²) in [5, 5.41) is 3.24. The molecule has 0 unspecified atom stereocenters. The molecule has 0 atom stereocenters. The van der Waals surface area contributed by atoms with Crippen LogP contribution in [0.15, 0.2) is 35.4 Å². The van der Waals surface area contributed by atoms with E-state index in [0.29, 0.717) is 5.82 Å². The van der Waals surface area contributed by atoms with Gasteiger partial charge in [0, 0.05) is 17.1 Å². The first-order chi connectivity index (χ1) is 6.40. The van der Waals surface area contributed by atoms with E-state index in [1.54, 1.807) is 0 Å². The molecule has 0 bridgehead atoms. The average molecular weight is 189 g/mol. The minimum absolute atomic E-state index is 0.277. The molecule has 0 saturated carbocycles. The van der Waals surface area contributed by atoms with Crippen molar-refractivity contribution in [1.82, 2.24) is 9.36 Å². The van der Waals surface area contributed by atoms with Gasteiger partial charge in [0.1, 0.15) is 0 Å². The van der Waals surface area contributed by atoms with Crippen LogP contribution < -0.4 is 0 Å². The number of aromatic nitrogens is 2. The highest BCUT2D eigenvalue weighted by Gasteiger charge is 2.02. The molecule has 64 valence electrons. The maximum atomic E-state index is 8.43. The van der Waals surface area contributed by atoms with Gasteiger partial charge in [0.25, 0.3) is 0 Å². The molecule has 4 nitrogen and oxygen atoms in total. The molecule has 5 heteroatoms. The van der Waals surface area contributed by atoms with Gasteiger partial charge in [-0.15, -0.1) is 0 Å². The maximum Gasteiger partial charge on any atom is 0.208 e. The standard InChI is InChI=1S/C8H5N4S/c9-11-8-10-7(12-13-8)6-4-2-1-3-5-6/h1-5H/q-1. The van der Waals surface area contributed by atoms with Crippen molar-refractivity contribution in [1.29, 1.82) is 0 Å². The highest BCUT2D eigenvalue weighted by molar-refractivity contribution is 7.09. The van der Waals surface area contributed by atoms with E-state index in [9.17, 15) is 0 Å². The third-order valence-electron chi connectivity index (χ3n) is 1.53. The minimum Gasteiger partial charge on any atom is -0.704 e. The van der Waals surface area contributed by atoms with Crippen LogP contribution in [0.1, 0.15) is 0 Å². The molecule has 1 heterocycles. The monoisotopic (exact) mass is 189 g/mol. The Morgan fingerprint density at radius 3 is 2.62 bits per heavy atom. The van der Waals surface area contributed by atoms with Crippen molar-refractivity contribution in [3.05, 3.63) is 35.9 Å². The molecule has 1 aromatic heterocycles. The maximum absolute atomic E-state index is 8.43. The molecule has 0 aliphatic heterocycles. The van der Waals surface area contributed by atoms with Crippen molar-refractivity contribution in [3.63, 3.8) is 0 Å². The zero-order valence-electron chi connectivity index (χ0n) is 6.58. The normalized spacial score (nSPS) is 9.85. The van der Waals surface area contributed by atoms with Gasteiger partial charge >= 0.3 is 0 Å². The predicted octanol–water partition coefficient (Wildman–Crippen LogP) is 2.86. The summed E-state index contributed by atoms with van der Waals surface area (Å²) in [5.74, 6) is 0.596. The summed E-state index contributed by atoms with van der Waals surface area (Å²) in [6.07, 6.45) is 0. The Balaban J connectivity index is 2.41. The van der Waals surface area contributed by atoms with Crippen LogP contribution in [-0.2, 0) is 0 Å². The third kappa shape index (κ3) is 1.59. The second-order valence-electron chi connectivity index (χ2n) is 2.37. The number of hydrogen-bond donors (Lipinski definition) is 0. The summed E-state index contributed by atoms with van der Waals surface area (Å²) in [6, 6.07) is 9.55. The van der Waals surface area contributed by atoms with Crippen molar-refractivity contribution in [3.8, 4) is 11.4 Å². The van der Waals surface area contributed by atoms with Gasteiger partial charge < -0.3 is 10.6 Å². The zero-order valence-corrected chi connectivity index (χ0v) is 7.40. The molecule has 0 spiro atoms. The molecule has 0 N–H and O–H groups in total. The molecule has 0 aliphatic rings. The Hall–Kier alpha value is -1.62. The highest BCUT2D eigenvalue weighted by atomic mass is 32.1. The summed E-state index contributed by atoms with van der Waals surface area (Å²) < 4.78 is 4.03. The first-order valence-corrected chi connectivity index (χ1v) is 4.42. The highest BCUT2D eigenvalue weighted by Crippen LogP contribution is 2.22. The van der Waals surface area contributed by atoms with Crippen LogP contribution in [0.4, 0.5) is 5.13 Å². The van der Waals surface area contributed by atoms with Crippen LogP contribution in [0.2, 0.25) is 0 Å². The van der Waals surface area contributed by atoms with E-state index in [1.165, 1.54) is 0 Å². The summed E-state index contributed by atoms with van der Waals surface area (Å²) >= 11 is 1.07. The molecule has 0 aliphatic carbocycles. The molecule has 2 rings (SSSR count). The molecule has 0 radical (unpaired) electrons. The lowest BCUT2D eigenvalue weighted by Crippen LogP contribution is -1.77. The second kappa shape index (κ2) is 3.40. The minimum atomic E-state index is 0.277. The molecule has 0 fully saturated rings. The lowest BCUT2D eigenvalue weighted by atomic mass is 10.2. The molecule has 0 saturated heterocycles. The van der Waals surface area contributed by atoms with Gasteiger partial charge in [0.15, 0.2) is 5.82 Å². The molecular weight excluding hydrogens is 184 g/mol. The third-order valence-corrected chi connectivity index (χ3v) is 2.13. The molecule has 1 aromatic carbocycles. The second-order valence-corrected chi connectivity index (χ2v) is 3.10. The lowest BCUT2D eigenvalue weighted by Gasteiger charge is -1.91. The fourth-order valence-electron chi connectivity index (χ4n) is 0.961. The summed E-state index contributed by atoms with van der Waals surface area (Å²) in [6.45, 7) is 0. The van der Waals surface area contributed by atoms with Crippen molar-refractivity contribution in [2.24, 2.45) is 5.11 Å². The predicted molar refractivity (Wildman–Crippen MR) is 50.8 cm³/mol. The first kappa shape index (κ1) is 8.00. The zero-order chi connectivity index (χ0) is 9.10. The first-order valence-electron chi connectivity index (χ1n) is 3.64. The van der Waals surface area contributed by atoms with Crippen molar-refractivity contribution < 1.29 is 0 Å². The van der Waals surface area contributed by atoms with Crippen molar-refractivity contribution in [2.75, 3.05) is 0 Å². The van der Waals surface area contributed by atoms with Gasteiger partial charge in [-0.05, 0) is 0 Å². The summed E-state index contributed by atoms with van der Waals surface area (Å²) in [5.41, 5.74) is 9.36. The van der Waals surface area contributed by atoms with Gasteiger partial charge in [-0.1, -0.05) is 30.3 Å². The SMILES string of the molecule is [N-]=Nc1nc(-c2ccccc2)ns1. The fourth-order valence-corrected chi connectivity index (χ4v) is 1.44.